The van der Waals surface area contributed by atoms with Crippen molar-refractivity contribution in [2.24, 2.45) is 0 Å². The van der Waals surface area contributed by atoms with Gasteiger partial charge < -0.3 is 15.2 Å². The van der Waals surface area contributed by atoms with E-state index in [1.807, 2.05) is 24.2 Å². The third-order valence-corrected chi connectivity index (χ3v) is 6.31. The van der Waals surface area contributed by atoms with Gasteiger partial charge >= 0.3 is 0 Å². The van der Waals surface area contributed by atoms with Crippen molar-refractivity contribution in [3.05, 3.63) is 59.6 Å². The van der Waals surface area contributed by atoms with E-state index in [0.717, 1.165) is 41.0 Å². The molecule has 1 aliphatic heterocycles. The van der Waals surface area contributed by atoms with E-state index in [4.69, 9.17) is 0 Å². The smallest absolute Gasteiger partial charge is 0.103 e. The molecule has 1 fully saturated rings. The summed E-state index contributed by atoms with van der Waals surface area (Å²) in [5.74, 6) is 2.47. The molecule has 3 heterocycles. The van der Waals surface area contributed by atoms with Gasteiger partial charge in [-0.3, -0.25) is 4.98 Å². The molecule has 4 rings (SSSR count). The minimum absolute atomic E-state index is 0.550. The molecule has 0 amide bonds. The summed E-state index contributed by atoms with van der Waals surface area (Å²) in [5, 5.41) is 14.3. The van der Waals surface area contributed by atoms with Crippen molar-refractivity contribution in [3.8, 4) is 6.07 Å². The van der Waals surface area contributed by atoms with Gasteiger partial charge in [0.1, 0.15) is 6.07 Å². The summed E-state index contributed by atoms with van der Waals surface area (Å²) < 4.78 is 0. The molecule has 1 aromatic carbocycles. The maximum Gasteiger partial charge on any atom is 0.103 e. The van der Waals surface area contributed by atoms with Crippen molar-refractivity contribution in [2.45, 2.75) is 13.3 Å². The molecule has 1 saturated heterocycles. The van der Waals surface area contributed by atoms with Crippen LogP contribution in [0.3, 0.4) is 0 Å². The van der Waals surface area contributed by atoms with Crippen LogP contribution < -0.4 is 5.32 Å². The van der Waals surface area contributed by atoms with Crippen LogP contribution in [0.2, 0.25) is 0 Å². The summed E-state index contributed by atoms with van der Waals surface area (Å²) in [4.78, 5) is 10.0. The molecule has 3 aromatic rings. The van der Waals surface area contributed by atoms with Crippen LogP contribution in [0.1, 0.15) is 23.1 Å². The van der Waals surface area contributed by atoms with E-state index in [-0.39, 0.29) is 0 Å². The standard InChI is InChI=1S/C23H25N5S/c1-17-20-7-8-26-22(20)6-5-21(17)27-23-18(15-25-16-19(23)14-24)4-2-3-9-28-10-12-29-13-11-28/h2,4-8,15-16,26H,3,9-13H2,1H3,(H,25,27). The molecule has 0 bridgehead atoms. The number of fused-ring (bicyclic) bond motifs is 1. The zero-order chi connectivity index (χ0) is 20.1. The third kappa shape index (κ3) is 4.47. The van der Waals surface area contributed by atoms with Crippen LogP contribution in [-0.2, 0) is 0 Å². The number of benzene rings is 1. The molecule has 2 N–H and O–H groups in total. The largest absolute Gasteiger partial charge is 0.361 e. The van der Waals surface area contributed by atoms with Crippen LogP contribution in [0.4, 0.5) is 11.4 Å². The monoisotopic (exact) mass is 403 g/mol. The highest BCUT2D eigenvalue weighted by atomic mass is 32.2. The second-order valence-corrected chi connectivity index (χ2v) is 8.43. The summed E-state index contributed by atoms with van der Waals surface area (Å²) in [6, 6.07) is 8.46. The first-order valence-corrected chi connectivity index (χ1v) is 11.1. The number of thioether (sulfide) groups is 1. The van der Waals surface area contributed by atoms with Gasteiger partial charge in [-0.05, 0) is 37.1 Å². The highest BCUT2D eigenvalue weighted by molar-refractivity contribution is 7.99. The number of hydrogen-bond acceptors (Lipinski definition) is 5. The Morgan fingerprint density at radius 1 is 1.28 bits per heavy atom. The van der Waals surface area contributed by atoms with Crippen LogP contribution in [-0.4, -0.2) is 46.0 Å². The minimum Gasteiger partial charge on any atom is -0.361 e. The zero-order valence-electron chi connectivity index (χ0n) is 16.6. The molecule has 5 nitrogen and oxygen atoms in total. The van der Waals surface area contributed by atoms with Crippen molar-refractivity contribution in [1.82, 2.24) is 14.9 Å². The molecule has 0 radical (unpaired) electrons. The average Bonchev–Trinajstić information content (AvgIpc) is 3.24. The van der Waals surface area contributed by atoms with E-state index < -0.39 is 0 Å². The Hall–Kier alpha value is -2.75. The Morgan fingerprint density at radius 2 is 2.14 bits per heavy atom. The molecule has 0 saturated carbocycles. The minimum atomic E-state index is 0.550. The molecule has 29 heavy (non-hydrogen) atoms. The first-order valence-electron chi connectivity index (χ1n) is 9.95. The molecule has 0 spiro atoms. The van der Waals surface area contributed by atoms with Gasteiger partial charge in [0.2, 0.25) is 0 Å². The molecule has 0 aliphatic carbocycles. The quantitative estimate of drug-likeness (QED) is 0.610. The molecule has 0 unspecified atom stereocenters. The predicted molar refractivity (Wildman–Crippen MR) is 123 cm³/mol. The number of aryl methyl sites for hydroxylation is 1. The Labute approximate surface area is 175 Å². The van der Waals surface area contributed by atoms with Crippen LogP contribution >= 0.6 is 11.8 Å². The maximum absolute atomic E-state index is 9.60. The lowest BCUT2D eigenvalue weighted by atomic mass is 10.1. The van der Waals surface area contributed by atoms with Crippen molar-refractivity contribution >= 4 is 40.1 Å². The lowest BCUT2D eigenvalue weighted by Crippen LogP contribution is -2.33. The molecule has 0 atom stereocenters. The third-order valence-electron chi connectivity index (χ3n) is 5.37. The van der Waals surface area contributed by atoms with Crippen molar-refractivity contribution in [3.63, 3.8) is 0 Å². The first-order chi connectivity index (χ1) is 14.3. The Morgan fingerprint density at radius 3 is 2.97 bits per heavy atom. The molecular weight excluding hydrogens is 378 g/mol. The van der Waals surface area contributed by atoms with Gasteiger partial charge in [-0.25, -0.2) is 0 Å². The lowest BCUT2D eigenvalue weighted by molar-refractivity contribution is 0.309. The fourth-order valence-electron chi connectivity index (χ4n) is 3.67. The van der Waals surface area contributed by atoms with E-state index in [1.165, 1.54) is 30.0 Å². The van der Waals surface area contributed by atoms with Gasteiger partial charge in [0, 0.05) is 71.9 Å². The second kappa shape index (κ2) is 9.17. The number of nitrogens with zero attached hydrogens (tertiary/aromatic N) is 3. The van der Waals surface area contributed by atoms with Gasteiger partial charge in [-0.15, -0.1) is 0 Å². The highest BCUT2D eigenvalue weighted by Gasteiger charge is 2.12. The number of pyridine rings is 1. The van der Waals surface area contributed by atoms with E-state index in [2.05, 4.69) is 63.5 Å². The number of rotatable bonds is 6. The van der Waals surface area contributed by atoms with Crippen LogP contribution in [0.5, 0.6) is 0 Å². The van der Waals surface area contributed by atoms with E-state index in [9.17, 15) is 5.26 Å². The van der Waals surface area contributed by atoms with Crippen LogP contribution in [0.25, 0.3) is 17.0 Å². The number of nitriles is 1. The van der Waals surface area contributed by atoms with Gasteiger partial charge in [0.05, 0.1) is 11.3 Å². The van der Waals surface area contributed by atoms with Crippen LogP contribution in [0, 0.1) is 18.3 Å². The lowest BCUT2D eigenvalue weighted by Gasteiger charge is -2.25. The highest BCUT2D eigenvalue weighted by Crippen LogP contribution is 2.30. The predicted octanol–water partition coefficient (Wildman–Crippen LogP) is 4.94. The molecule has 6 heteroatoms. The zero-order valence-corrected chi connectivity index (χ0v) is 17.4. The summed E-state index contributed by atoms with van der Waals surface area (Å²) >= 11 is 2.04. The number of hydrogen-bond donors (Lipinski definition) is 2. The number of nitrogens with one attached hydrogen (secondary N) is 2. The Kier molecular flexibility index (Phi) is 6.18. The molecule has 1 aliphatic rings. The Bertz CT molecular complexity index is 1060. The number of H-pyrrole nitrogens is 1. The van der Waals surface area contributed by atoms with Crippen molar-refractivity contribution in [1.29, 1.82) is 5.26 Å². The van der Waals surface area contributed by atoms with Gasteiger partial charge in [0.25, 0.3) is 0 Å². The van der Waals surface area contributed by atoms with E-state index in [1.54, 1.807) is 6.20 Å². The van der Waals surface area contributed by atoms with Crippen molar-refractivity contribution in [2.75, 3.05) is 36.5 Å². The molecular formula is C23H25N5S. The maximum atomic E-state index is 9.60. The Balaban J connectivity index is 1.54. The van der Waals surface area contributed by atoms with Gasteiger partial charge in [-0.2, -0.15) is 17.0 Å². The first kappa shape index (κ1) is 19.6. The summed E-state index contributed by atoms with van der Waals surface area (Å²) in [6.07, 6.45) is 10.7. The second-order valence-electron chi connectivity index (χ2n) is 7.21. The molecule has 148 valence electrons. The fraction of sp³-hybridized carbons (Fsp3) is 0.304. The molecule has 2 aromatic heterocycles. The number of anilines is 2. The SMILES string of the molecule is Cc1c(Nc2c(C#N)cncc2C=CCCN2CCSCC2)ccc2[nH]ccc12. The summed E-state index contributed by atoms with van der Waals surface area (Å²) in [7, 11) is 0. The summed E-state index contributed by atoms with van der Waals surface area (Å²) in [6.45, 7) is 5.53. The van der Waals surface area contributed by atoms with Gasteiger partial charge in [-0.1, -0.05) is 12.2 Å². The topological polar surface area (TPSA) is 67.7 Å². The van der Waals surface area contributed by atoms with Crippen LogP contribution in [0.15, 0.2) is 42.9 Å². The number of aromatic amines is 1. The van der Waals surface area contributed by atoms with E-state index in [0.29, 0.717) is 5.56 Å². The normalized spacial score (nSPS) is 15.0. The fourth-order valence-corrected chi connectivity index (χ4v) is 4.65. The number of aromatic nitrogens is 2. The summed E-state index contributed by atoms with van der Waals surface area (Å²) in [5.41, 5.74) is 5.56. The van der Waals surface area contributed by atoms with Gasteiger partial charge in [0.15, 0.2) is 0 Å². The van der Waals surface area contributed by atoms with Crippen molar-refractivity contribution < 1.29 is 0 Å². The average molecular weight is 404 g/mol. The van der Waals surface area contributed by atoms with E-state index >= 15 is 0 Å².